The zero-order chi connectivity index (χ0) is 15.0. The van der Waals surface area contributed by atoms with Crippen molar-refractivity contribution in [1.29, 1.82) is 0 Å². The molecule has 21 heavy (non-hydrogen) atoms. The van der Waals surface area contributed by atoms with Crippen LogP contribution < -0.4 is 4.74 Å². The Balaban J connectivity index is 1.81. The van der Waals surface area contributed by atoms with Gasteiger partial charge >= 0.3 is 0 Å². The largest absolute Gasteiger partial charge is 0.490 e. The maximum Gasteiger partial charge on any atom is 0.162 e. The monoisotopic (exact) mass is 352 g/mol. The van der Waals surface area contributed by atoms with Gasteiger partial charge in [0, 0.05) is 11.2 Å². The summed E-state index contributed by atoms with van der Waals surface area (Å²) in [6, 6.07) is 10.3. The van der Waals surface area contributed by atoms with Gasteiger partial charge in [-0.2, -0.15) is 0 Å². The molecule has 0 amide bonds. The normalized spacial score (nSPS) is 18.2. The van der Waals surface area contributed by atoms with Gasteiger partial charge in [-0.1, -0.05) is 40.2 Å². The molecule has 0 saturated carbocycles. The quantitative estimate of drug-likeness (QED) is 0.708. The molecule has 2 aromatic carbocycles. The third-order valence-electron chi connectivity index (χ3n) is 3.71. The van der Waals surface area contributed by atoms with Crippen molar-refractivity contribution in [2.45, 2.75) is 30.7 Å². The molecule has 2 aromatic rings. The third kappa shape index (κ3) is 2.95. The minimum atomic E-state index is -0.802. The topological polar surface area (TPSA) is 9.23 Å². The van der Waals surface area contributed by atoms with E-state index in [-0.39, 0.29) is 10.9 Å². The first-order valence-electron chi connectivity index (χ1n) is 6.91. The SMILES string of the molecule is CC1Cc2cc(C(Br)Cc3cccc(F)c3F)ccc2O1. The van der Waals surface area contributed by atoms with Crippen molar-refractivity contribution < 1.29 is 13.5 Å². The Bertz CT molecular complexity index is 672. The van der Waals surface area contributed by atoms with Crippen LogP contribution in [0.4, 0.5) is 8.78 Å². The van der Waals surface area contributed by atoms with Crippen LogP contribution in [0.3, 0.4) is 0 Å². The number of alkyl halides is 1. The van der Waals surface area contributed by atoms with Crippen molar-refractivity contribution in [3.8, 4) is 5.75 Å². The molecule has 0 saturated heterocycles. The number of hydrogen-bond donors (Lipinski definition) is 0. The van der Waals surface area contributed by atoms with Gasteiger partial charge in [0.15, 0.2) is 11.6 Å². The highest BCUT2D eigenvalue weighted by atomic mass is 79.9. The minimum absolute atomic E-state index is 0.0602. The molecule has 0 spiro atoms. The second kappa shape index (κ2) is 5.76. The number of benzene rings is 2. The molecule has 0 N–H and O–H groups in total. The number of rotatable bonds is 3. The summed E-state index contributed by atoms with van der Waals surface area (Å²) in [7, 11) is 0. The first-order chi connectivity index (χ1) is 10.0. The maximum atomic E-state index is 13.7. The number of fused-ring (bicyclic) bond motifs is 1. The van der Waals surface area contributed by atoms with Crippen molar-refractivity contribution in [3.05, 3.63) is 64.7 Å². The van der Waals surface area contributed by atoms with E-state index in [1.54, 1.807) is 6.07 Å². The summed E-state index contributed by atoms with van der Waals surface area (Å²) in [5, 5.41) is 0. The fourth-order valence-corrected chi connectivity index (χ4v) is 3.29. The minimum Gasteiger partial charge on any atom is -0.490 e. The molecular formula is C17H15BrF2O. The summed E-state index contributed by atoms with van der Waals surface area (Å²) in [6.45, 7) is 2.04. The van der Waals surface area contributed by atoms with Crippen molar-refractivity contribution in [1.82, 2.24) is 0 Å². The second-order valence-electron chi connectivity index (χ2n) is 5.38. The highest BCUT2D eigenvalue weighted by Gasteiger charge is 2.21. The molecule has 0 fully saturated rings. The van der Waals surface area contributed by atoms with Crippen molar-refractivity contribution in [3.63, 3.8) is 0 Å². The van der Waals surface area contributed by atoms with Crippen LogP contribution in [0.1, 0.15) is 28.4 Å². The van der Waals surface area contributed by atoms with E-state index in [2.05, 4.69) is 22.0 Å². The molecule has 2 unspecified atom stereocenters. The molecule has 1 aliphatic rings. The Morgan fingerprint density at radius 1 is 1.29 bits per heavy atom. The number of hydrogen-bond acceptors (Lipinski definition) is 1. The zero-order valence-electron chi connectivity index (χ0n) is 11.6. The fourth-order valence-electron chi connectivity index (χ4n) is 2.65. The van der Waals surface area contributed by atoms with Gasteiger partial charge in [-0.3, -0.25) is 0 Å². The molecule has 1 aliphatic heterocycles. The first-order valence-corrected chi connectivity index (χ1v) is 7.82. The standard InChI is InChI=1S/C17H15BrF2O/c1-10-7-13-8-11(5-6-16(13)21-10)14(18)9-12-3-2-4-15(19)17(12)20/h2-6,8,10,14H,7,9H2,1H3. The second-order valence-corrected chi connectivity index (χ2v) is 6.49. The zero-order valence-corrected chi connectivity index (χ0v) is 13.2. The molecule has 0 bridgehead atoms. The summed E-state index contributed by atoms with van der Waals surface area (Å²) in [4.78, 5) is -0.0602. The van der Waals surface area contributed by atoms with Gasteiger partial charge in [0.05, 0.1) is 0 Å². The van der Waals surface area contributed by atoms with Gasteiger partial charge in [-0.15, -0.1) is 0 Å². The van der Waals surface area contributed by atoms with E-state index in [1.165, 1.54) is 11.6 Å². The van der Waals surface area contributed by atoms with Crippen LogP contribution in [0.2, 0.25) is 0 Å². The Morgan fingerprint density at radius 2 is 2.10 bits per heavy atom. The van der Waals surface area contributed by atoms with Gasteiger partial charge in [0.1, 0.15) is 11.9 Å². The highest BCUT2D eigenvalue weighted by Crippen LogP contribution is 2.35. The smallest absolute Gasteiger partial charge is 0.162 e. The molecule has 3 rings (SSSR count). The Kier molecular flexibility index (Phi) is 3.98. The van der Waals surface area contributed by atoms with E-state index in [9.17, 15) is 8.78 Å². The molecule has 1 heterocycles. The summed E-state index contributed by atoms with van der Waals surface area (Å²) < 4.78 is 32.7. The van der Waals surface area contributed by atoms with Crippen LogP contribution in [0.5, 0.6) is 5.75 Å². The van der Waals surface area contributed by atoms with E-state index in [0.717, 1.165) is 23.8 Å². The van der Waals surface area contributed by atoms with Gasteiger partial charge in [0.25, 0.3) is 0 Å². The van der Waals surface area contributed by atoms with Gasteiger partial charge < -0.3 is 4.74 Å². The molecule has 0 radical (unpaired) electrons. The molecule has 4 heteroatoms. The van der Waals surface area contributed by atoms with Crippen LogP contribution in [0, 0.1) is 11.6 Å². The van der Waals surface area contributed by atoms with E-state index in [0.29, 0.717) is 12.0 Å². The maximum absolute atomic E-state index is 13.7. The average Bonchev–Trinajstić information content (AvgIpc) is 2.82. The first kappa shape index (κ1) is 14.5. The van der Waals surface area contributed by atoms with Gasteiger partial charge in [-0.05, 0) is 42.2 Å². The van der Waals surface area contributed by atoms with Crippen LogP contribution in [0.15, 0.2) is 36.4 Å². The Hall–Kier alpha value is -1.42. The summed E-state index contributed by atoms with van der Waals surface area (Å²) in [6.07, 6.45) is 1.49. The lowest BCUT2D eigenvalue weighted by molar-refractivity contribution is 0.254. The molecule has 2 atom stereocenters. The predicted molar refractivity (Wildman–Crippen MR) is 82.0 cm³/mol. The van der Waals surface area contributed by atoms with Crippen molar-refractivity contribution in [2.75, 3.05) is 0 Å². The summed E-state index contributed by atoms with van der Waals surface area (Å²) in [5.41, 5.74) is 2.60. The lowest BCUT2D eigenvalue weighted by Gasteiger charge is -2.12. The lowest BCUT2D eigenvalue weighted by Crippen LogP contribution is -2.05. The van der Waals surface area contributed by atoms with E-state index < -0.39 is 11.6 Å². The average molecular weight is 353 g/mol. The van der Waals surface area contributed by atoms with E-state index >= 15 is 0 Å². The summed E-state index contributed by atoms with van der Waals surface area (Å²) >= 11 is 3.57. The Morgan fingerprint density at radius 3 is 2.90 bits per heavy atom. The molecular weight excluding hydrogens is 338 g/mol. The highest BCUT2D eigenvalue weighted by molar-refractivity contribution is 9.09. The molecule has 1 nitrogen and oxygen atoms in total. The van der Waals surface area contributed by atoms with E-state index in [4.69, 9.17) is 4.74 Å². The van der Waals surface area contributed by atoms with E-state index in [1.807, 2.05) is 19.1 Å². The Labute approximate surface area is 131 Å². The summed E-state index contributed by atoms with van der Waals surface area (Å²) in [5.74, 6) is -0.647. The van der Waals surface area contributed by atoms with Crippen molar-refractivity contribution in [2.24, 2.45) is 0 Å². The fraction of sp³-hybridized carbons (Fsp3) is 0.294. The molecule has 110 valence electrons. The lowest BCUT2D eigenvalue weighted by atomic mass is 10.0. The van der Waals surface area contributed by atoms with Crippen LogP contribution in [-0.2, 0) is 12.8 Å². The predicted octanol–water partition coefficient (Wildman–Crippen LogP) is 4.97. The number of halogens is 3. The molecule has 0 aromatic heterocycles. The third-order valence-corrected chi connectivity index (χ3v) is 4.56. The van der Waals surface area contributed by atoms with Crippen LogP contribution in [0.25, 0.3) is 0 Å². The number of ether oxygens (including phenoxy) is 1. The van der Waals surface area contributed by atoms with Gasteiger partial charge in [-0.25, -0.2) is 8.78 Å². The van der Waals surface area contributed by atoms with Gasteiger partial charge in [0.2, 0.25) is 0 Å². The van der Waals surface area contributed by atoms with Crippen LogP contribution in [-0.4, -0.2) is 6.10 Å². The van der Waals surface area contributed by atoms with Crippen molar-refractivity contribution >= 4 is 15.9 Å². The van der Waals surface area contributed by atoms with Crippen LogP contribution >= 0.6 is 15.9 Å². The molecule has 0 aliphatic carbocycles.